The molecule has 0 atom stereocenters. The van der Waals surface area contributed by atoms with Gasteiger partial charge in [0.15, 0.2) is 5.13 Å². The zero-order chi connectivity index (χ0) is 24.8. The minimum Gasteiger partial charge on any atom is -0.352 e. The molecule has 2 aromatic heterocycles. The normalized spacial score (nSPS) is 10.7. The average Bonchev–Trinajstić information content (AvgIpc) is 3.43. The van der Waals surface area contributed by atoms with Gasteiger partial charge in [-0.3, -0.25) is 15.2 Å². The number of carbonyl (C=O) groups is 2. The van der Waals surface area contributed by atoms with E-state index in [0.717, 1.165) is 28.2 Å². The van der Waals surface area contributed by atoms with Crippen molar-refractivity contribution in [3.05, 3.63) is 87.9 Å². The molecule has 0 spiro atoms. The number of halogens is 1. The van der Waals surface area contributed by atoms with Crippen LogP contribution in [0.25, 0.3) is 11.1 Å². The summed E-state index contributed by atoms with van der Waals surface area (Å²) in [7, 11) is 0. The van der Waals surface area contributed by atoms with Gasteiger partial charge in [-0.05, 0) is 49.2 Å². The highest BCUT2D eigenvalue weighted by atomic mass is 32.1. The molecule has 3 amide bonds. The van der Waals surface area contributed by atoms with Crippen LogP contribution in [0.1, 0.15) is 33.0 Å². The molecule has 0 aliphatic heterocycles. The number of rotatable bonds is 8. The van der Waals surface area contributed by atoms with Crippen LogP contribution in [0, 0.1) is 19.7 Å². The van der Waals surface area contributed by atoms with Gasteiger partial charge >= 0.3 is 6.03 Å². The van der Waals surface area contributed by atoms with Gasteiger partial charge < -0.3 is 10.6 Å². The number of aromatic amines is 1. The number of nitrogens with zero attached hydrogens (tertiary/aromatic N) is 2. The molecule has 10 heteroatoms. The Hall–Kier alpha value is -4.05. The largest absolute Gasteiger partial charge is 0.352 e. The van der Waals surface area contributed by atoms with Gasteiger partial charge in [0.25, 0.3) is 5.91 Å². The highest BCUT2D eigenvalue weighted by Crippen LogP contribution is 2.25. The fourth-order valence-corrected chi connectivity index (χ4v) is 4.36. The van der Waals surface area contributed by atoms with Crippen LogP contribution in [0.2, 0.25) is 0 Å². The van der Waals surface area contributed by atoms with Crippen LogP contribution >= 0.6 is 11.3 Å². The van der Waals surface area contributed by atoms with Gasteiger partial charge in [0.1, 0.15) is 5.82 Å². The van der Waals surface area contributed by atoms with Crippen molar-refractivity contribution in [2.75, 3.05) is 11.9 Å². The maximum atomic E-state index is 13.2. The summed E-state index contributed by atoms with van der Waals surface area (Å²) >= 11 is 1.30. The molecule has 0 radical (unpaired) electrons. The number of carbonyl (C=O) groups excluding carboxylic acids is 2. The van der Waals surface area contributed by atoms with Gasteiger partial charge in [0.2, 0.25) is 0 Å². The third kappa shape index (κ3) is 6.30. The molecule has 2 aromatic carbocycles. The molecule has 8 nitrogen and oxygen atoms in total. The first-order chi connectivity index (χ1) is 16.9. The smallest absolute Gasteiger partial charge is 0.321 e. The Bertz CT molecular complexity index is 1310. The Morgan fingerprint density at radius 3 is 2.60 bits per heavy atom. The summed E-state index contributed by atoms with van der Waals surface area (Å²) in [5.41, 5.74) is 5.96. The van der Waals surface area contributed by atoms with Gasteiger partial charge in [-0.2, -0.15) is 5.10 Å². The first-order valence-electron chi connectivity index (χ1n) is 11.0. The molecule has 2 heterocycles. The molecule has 0 saturated carbocycles. The maximum Gasteiger partial charge on any atom is 0.321 e. The van der Waals surface area contributed by atoms with Gasteiger partial charge in [-0.25, -0.2) is 14.2 Å². The van der Waals surface area contributed by atoms with Crippen LogP contribution in [0.5, 0.6) is 0 Å². The summed E-state index contributed by atoms with van der Waals surface area (Å²) in [5, 5.41) is 17.7. The van der Waals surface area contributed by atoms with E-state index in [0.29, 0.717) is 29.2 Å². The van der Waals surface area contributed by atoms with E-state index < -0.39 is 6.03 Å². The molecule has 0 saturated heterocycles. The highest BCUT2D eigenvalue weighted by molar-refractivity contribution is 7.13. The SMILES string of the molecule is Cc1n[nH]c(C)c1-c1ccc(C(=O)NCCc2csc(NC(=O)NCc3cccc(F)c3)n2)cc1. The second kappa shape index (κ2) is 10.9. The monoisotopic (exact) mass is 492 g/mol. The Kier molecular flexibility index (Phi) is 7.51. The summed E-state index contributed by atoms with van der Waals surface area (Å²) in [4.78, 5) is 28.9. The van der Waals surface area contributed by atoms with Gasteiger partial charge in [0.05, 0.1) is 11.4 Å². The number of anilines is 1. The van der Waals surface area contributed by atoms with E-state index in [1.165, 1.54) is 23.5 Å². The zero-order valence-electron chi connectivity index (χ0n) is 19.3. The minimum atomic E-state index is -0.423. The molecular weight excluding hydrogens is 467 g/mol. The topological polar surface area (TPSA) is 112 Å². The Morgan fingerprint density at radius 2 is 1.89 bits per heavy atom. The van der Waals surface area contributed by atoms with E-state index in [-0.39, 0.29) is 18.3 Å². The number of H-pyrrole nitrogens is 1. The molecular formula is C25H25FN6O2S. The molecule has 0 bridgehead atoms. The number of thiazole rings is 1. The number of nitrogens with one attached hydrogen (secondary N) is 4. The summed E-state index contributed by atoms with van der Waals surface area (Å²) in [6, 6.07) is 13.0. The summed E-state index contributed by atoms with van der Waals surface area (Å²) in [5.74, 6) is -0.514. The third-order valence-corrected chi connectivity index (χ3v) is 6.15. The second-order valence-electron chi connectivity index (χ2n) is 7.97. The van der Waals surface area contributed by atoms with Crippen LogP contribution < -0.4 is 16.0 Å². The van der Waals surface area contributed by atoms with Crippen LogP contribution in [-0.2, 0) is 13.0 Å². The van der Waals surface area contributed by atoms with Gasteiger partial charge in [-0.15, -0.1) is 11.3 Å². The van der Waals surface area contributed by atoms with Crippen molar-refractivity contribution in [1.29, 1.82) is 0 Å². The van der Waals surface area contributed by atoms with E-state index in [1.807, 2.05) is 31.4 Å². The highest BCUT2D eigenvalue weighted by Gasteiger charge is 2.11. The standard InChI is InChI=1S/C25H25FN6O2S/c1-15-22(16(2)32-31-15)18-6-8-19(9-7-18)23(33)27-11-10-21-14-35-25(29-21)30-24(34)28-13-17-4-3-5-20(26)12-17/h3-9,12,14H,10-11,13H2,1-2H3,(H,27,33)(H,31,32)(H2,28,29,30,34). The van der Waals surface area contributed by atoms with Crippen molar-refractivity contribution in [3.8, 4) is 11.1 Å². The van der Waals surface area contributed by atoms with E-state index in [1.54, 1.807) is 24.3 Å². The molecule has 35 heavy (non-hydrogen) atoms. The van der Waals surface area contributed by atoms with Crippen molar-refractivity contribution in [3.63, 3.8) is 0 Å². The predicted molar refractivity (Wildman–Crippen MR) is 134 cm³/mol. The fourth-order valence-electron chi connectivity index (χ4n) is 3.62. The van der Waals surface area contributed by atoms with Crippen molar-refractivity contribution in [1.82, 2.24) is 25.8 Å². The second-order valence-corrected chi connectivity index (χ2v) is 8.83. The predicted octanol–water partition coefficient (Wildman–Crippen LogP) is 4.58. The van der Waals surface area contributed by atoms with Crippen LogP contribution in [0.4, 0.5) is 14.3 Å². The number of aryl methyl sites for hydroxylation is 2. The van der Waals surface area contributed by atoms with E-state index in [9.17, 15) is 14.0 Å². The summed E-state index contributed by atoms with van der Waals surface area (Å²) < 4.78 is 13.2. The molecule has 0 fully saturated rings. The lowest BCUT2D eigenvalue weighted by atomic mass is 10.0. The molecule has 0 unspecified atom stereocenters. The number of amides is 3. The Balaban J connectivity index is 1.22. The summed E-state index contributed by atoms with van der Waals surface area (Å²) in [6.07, 6.45) is 0.528. The Morgan fingerprint density at radius 1 is 1.09 bits per heavy atom. The van der Waals surface area contributed by atoms with Crippen LogP contribution in [-0.4, -0.2) is 33.7 Å². The van der Waals surface area contributed by atoms with E-state index >= 15 is 0 Å². The lowest BCUT2D eigenvalue weighted by Crippen LogP contribution is -2.28. The Labute approximate surface area is 206 Å². The number of aromatic nitrogens is 3. The molecule has 4 N–H and O–H groups in total. The summed E-state index contributed by atoms with van der Waals surface area (Å²) in [6.45, 7) is 4.53. The fraction of sp³-hybridized carbons (Fsp3) is 0.200. The molecule has 0 aliphatic carbocycles. The zero-order valence-corrected chi connectivity index (χ0v) is 20.1. The number of benzene rings is 2. The molecule has 180 valence electrons. The molecule has 4 aromatic rings. The number of hydrogen-bond acceptors (Lipinski definition) is 5. The first-order valence-corrected chi connectivity index (χ1v) is 11.9. The quantitative estimate of drug-likeness (QED) is 0.288. The average molecular weight is 493 g/mol. The van der Waals surface area contributed by atoms with Crippen molar-refractivity contribution in [2.24, 2.45) is 0 Å². The van der Waals surface area contributed by atoms with E-state index in [4.69, 9.17) is 0 Å². The van der Waals surface area contributed by atoms with Gasteiger partial charge in [-0.1, -0.05) is 24.3 Å². The third-order valence-electron chi connectivity index (χ3n) is 5.34. The molecule has 0 aliphatic rings. The maximum absolute atomic E-state index is 13.2. The lowest BCUT2D eigenvalue weighted by molar-refractivity contribution is 0.0954. The molecule has 4 rings (SSSR count). The van der Waals surface area contributed by atoms with E-state index in [2.05, 4.69) is 31.1 Å². The van der Waals surface area contributed by atoms with Crippen molar-refractivity contribution < 1.29 is 14.0 Å². The number of hydrogen-bond donors (Lipinski definition) is 4. The van der Waals surface area contributed by atoms with Crippen molar-refractivity contribution in [2.45, 2.75) is 26.8 Å². The van der Waals surface area contributed by atoms with Crippen molar-refractivity contribution >= 4 is 28.4 Å². The first kappa shape index (κ1) is 24.1. The van der Waals surface area contributed by atoms with Crippen LogP contribution in [0.3, 0.4) is 0 Å². The number of urea groups is 1. The lowest BCUT2D eigenvalue weighted by Gasteiger charge is -2.06. The van der Waals surface area contributed by atoms with Gasteiger partial charge in [0, 0.05) is 41.7 Å². The minimum absolute atomic E-state index is 0.164. The van der Waals surface area contributed by atoms with Crippen LogP contribution in [0.15, 0.2) is 53.9 Å².